The fraction of sp³-hybridized carbons (Fsp3) is 0.579. The van der Waals surface area contributed by atoms with E-state index in [0.717, 1.165) is 25.0 Å². The lowest BCUT2D eigenvalue weighted by Crippen LogP contribution is -2.42. The maximum atomic E-state index is 13.5. The lowest BCUT2D eigenvalue weighted by molar-refractivity contribution is -0.130. The van der Waals surface area contributed by atoms with Gasteiger partial charge < -0.3 is 15.1 Å². The van der Waals surface area contributed by atoms with E-state index in [1.165, 1.54) is 4.90 Å². The van der Waals surface area contributed by atoms with Gasteiger partial charge in [0.25, 0.3) is 0 Å². The van der Waals surface area contributed by atoms with Gasteiger partial charge in [0, 0.05) is 36.9 Å². The number of hydrogen-bond donors (Lipinski definition) is 2. The first-order valence-corrected chi connectivity index (χ1v) is 11.5. The quantitative estimate of drug-likeness (QED) is 0.695. The van der Waals surface area contributed by atoms with Crippen molar-refractivity contribution in [1.82, 2.24) is 10.2 Å². The van der Waals surface area contributed by atoms with Gasteiger partial charge in [-0.2, -0.15) is 5.26 Å². The third kappa shape index (κ3) is 4.31. The number of carbonyl (C=O) groups is 1. The summed E-state index contributed by atoms with van der Waals surface area (Å²) in [5.41, 5.74) is 1.57. The number of likely N-dealkylation sites (tertiary alicyclic amines) is 1. The van der Waals surface area contributed by atoms with Crippen molar-refractivity contribution in [3.05, 3.63) is 24.3 Å². The molecule has 29 heavy (non-hydrogen) atoms. The summed E-state index contributed by atoms with van der Waals surface area (Å²) >= 11 is 0. The first-order chi connectivity index (χ1) is 13.7. The maximum Gasteiger partial charge on any atom is 0.237 e. The lowest BCUT2D eigenvalue weighted by atomic mass is 10.2. The highest BCUT2D eigenvalue weighted by molar-refractivity contribution is 7.92. The second-order valence-corrected chi connectivity index (χ2v) is 9.83. The Labute approximate surface area is 169 Å². The van der Waals surface area contributed by atoms with E-state index >= 15 is 0 Å². The summed E-state index contributed by atoms with van der Waals surface area (Å²) in [5, 5.41) is 12.3. The van der Waals surface area contributed by atoms with Crippen LogP contribution in [0.5, 0.6) is 0 Å². The molecule has 1 amide bonds. The van der Waals surface area contributed by atoms with E-state index in [1.54, 1.807) is 12.1 Å². The molecule has 1 aromatic rings. The Hall–Kier alpha value is -2.38. The number of nitrogens with one attached hydrogen (secondary N) is 2. The highest BCUT2D eigenvalue weighted by Crippen LogP contribution is 2.46. The van der Waals surface area contributed by atoms with Gasteiger partial charge >= 0.3 is 0 Å². The Morgan fingerprint density at radius 2 is 1.90 bits per heavy atom. The molecular formula is C19H24FN5O3S. The minimum Gasteiger partial charge on any atom is -0.371 e. The summed E-state index contributed by atoms with van der Waals surface area (Å²) < 4.78 is 38.5. The number of anilines is 2. The van der Waals surface area contributed by atoms with Crippen molar-refractivity contribution in [2.45, 2.75) is 24.7 Å². The summed E-state index contributed by atoms with van der Waals surface area (Å²) in [6, 6.07) is 8.89. The molecule has 3 fully saturated rings. The van der Waals surface area contributed by atoms with Crippen LogP contribution in [0.1, 0.15) is 6.42 Å². The predicted octanol–water partition coefficient (Wildman–Crippen LogP) is 0.545. The summed E-state index contributed by atoms with van der Waals surface area (Å²) in [6.45, 7) is 1.88. The zero-order chi connectivity index (χ0) is 20.8. The number of fused-ring (bicyclic) bond motifs is 1. The number of rotatable bonds is 6. The highest BCUT2D eigenvalue weighted by atomic mass is 32.2. The number of benzene rings is 1. The van der Waals surface area contributed by atoms with E-state index in [-0.39, 0.29) is 31.5 Å². The van der Waals surface area contributed by atoms with E-state index in [0.29, 0.717) is 17.5 Å². The maximum absolute atomic E-state index is 13.5. The van der Waals surface area contributed by atoms with Crippen LogP contribution in [-0.4, -0.2) is 69.9 Å². The molecule has 4 rings (SSSR count). The molecule has 10 heteroatoms. The van der Waals surface area contributed by atoms with Gasteiger partial charge in [-0.25, -0.2) is 12.8 Å². The Kier molecular flexibility index (Phi) is 5.12. The van der Waals surface area contributed by atoms with Gasteiger partial charge in [0.2, 0.25) is 15.9 Å². The zero-order valence-corrected chi connectivity index (χ0v) is 16.9. The number of halogens is 1. The van der Waals surface area contributed by atoms with Crippen LogP contribution in [0.4, 0.5) is 15.8 Å². The van der Waals surface area contributed by atoms with Crippen LogP contribution in [0.2, 0.25) is 0 Å². The van der Waals surface area contributed by atoms with Gasteiger partial charge in [-0.3, -0.25) is 9.52 Å². The van der Waals surface area contributed by atoms with Gasteiger partial charge in [-0.1, -0.05) is 0 Å². The van der Waals surface area contributed by atoms with E-state index in [4.69, 9.17) is 5.26 Å². The van der Waals surface area contributed by atoms with Crippen LogP contribution in [0.25, 0.3) is 0 Å². The monoisotopic (exact) mass is 421 g/mol. The van der Waals surface area contributed by atoms with Gasteiger partial charge in [0.05, 0.1) is 25.4 Å². The van der Waals surface area contributed by atoms with Crippen LogP contribution in [0.15, 0.2) is 24.3 Å². The molecule has 1 saturated carbocycles. The number of sulfonamides is 1. The number of amides is 1. The molecule has 0 aromatic heterocycles. The van der Waals surface area contributed by atoms with Crippen LogP contribution in [0, 0.1) is 23.2 Å². The highest BCUT2D eigenvalue weighted by Gasteiger charge is 2.55. The Bertz CT molecular complexity index is 920. The second kappa shape index (κ2) is 7.46. The molecule has 156 valence electrons. The molecule has 1 aliphatic carbocycles. The molecule has 1 aromatic carbocycles. The normalized spacial score (nSPS) is 30.7. The van der Waals surface area contributed by atoms with Crippen LogP contribution >= 0.6 is 0 Å². The first-order valence-electron chi connectivity index (χ1n) is 9.64. The fourth-order valence-electron chi connectivity index (χ4n) is 4.48. The van der Waals surface area contributed by atoms with Crippen LogP contribution < -0.4 is 14.9 Å². The van der Waals surface area contributed by atoms with Crippen LogP contribution in [0.3, 0.4) is 0 Å². The summed E-state index contributed by atoms with van der Waals surface area (Å²) in [4.78, 5) is 15.9. The third-order valence-electron chi connectivity index (χ3n) is 5.94. The third-order valence-corrected chi connectivity index (χ3v) is 6.54. The Balaban J connectivity index is 1.24. The first kappa shape index (κ1) is 19.9. The molecule has 0 radical (unpaired) electrons. The summed E-state index contributed by atoms with van der Waals surface area (Å²) in [5.74, 6) is 0.694. The molecule has 8 nitrogen and oxygen atoms in total. The van der Waals surface area contributed by atoms with Crippen molar-refractivity contribution in [3.63, 3.8) is 0 Å². The molecule has 3 aliphatic rings. The van der Waals surface area contributed by atoms with Crippen molar-refractivity contribution in [3.8, 4) is 6.07 Å². The SMILES string of the molecule is CS(=O)(=O)Nc1ccc(N2CC3C(C2)C3NCC(=O)N2C[C@@H](F)C[C@H]2C#N)cc1. The minimum absolute atomic E-state index is 0.00816. The predicted molar refractivity (Wildman–Crippen MR) is 107 cm³/mol. The number of nitrogens with zero attached hydrogens (tertiary/aromatic N) is 3. The Morgan fingerprint density at radius 3 is 2.48 bits per heavy atom. The van der Waals surface area contributed by atoms with Crippen molar-refractivity contribution < 1.29 is 17.6 Å². The minimum atomic E-state index is -3.29. The molecule has 2 N–H and O–H groups in total. The molecule has 2 saturated heterocycles. The van der Waals surface area contributed by atoms with Crippen molar-refractivity contribution in [2.24, 2.45) is 11.8 Å². The largest absolute Gasteiger partial charge is 0.371 e. The van der Waals surface area contributed by atoms with E-state index < -0.39 is 22.2 Å². The number of alkyl halides is 1. The molecule has 2 unspecified atom stereocenters. The number of carbonyl (C=O) groups excluding carboxylic acids is 1. The van der Waals surface area contributed by atoms with Gasteiger partial charge in [0.1, 0.15) is 12.2 Å². The number of nitriles is 1. The van der Waals surface area contributed by atoms with Crippen LogP contribution in [-0.2, 0) is 14.8 Å². The van der Waals surface area contributed by atoms with E-state index in [1.807, 2.05) is 18.2 Å². The zero-order valence-electron chi connectivity index (χ0n) is 16.1. The molecule has 2 aliphatic heterocycles. The Morgan fingerprint density at radius 1 is 1.24 bits per heavy atom. The fourth-order valence-corrected chi connectivity index (χ4v) is 5.05. The standard InChI is InChI=1S/C19H24FN5O3S/c1-29(27,28)23-13-2-4-14(5-3-13)24-10-16-17(11-24)19(16)22-8-18(26)25-9-12(20)6-15(25)7-21/h2-5,12,15-17,19,22-23H,6,8-11H2,1H3/t12-,15-,16?,17?,19?/m0/s1. The van der Waals surface area contributed by atoms with E-state index in [2.05, 4.69) is 14.9 Å². The van der Waals surface area contributed by atoms with Crippen molar-refractivity contribution in [1.29, 1.82) is 5.26 Å². The summed E-state index contributed by atoms with van der Waals surface area (Å²) in [6.07, 6.45) is 0.105. The van der Waals surface area contributed by atoms with Crippen molar-refractivity contribution in [2.75, 3.05) is 42.1 Å². The van der Waals surface area contributed by atoms with Crippen molar-refractivity contribution >= 4 is 27.3 Å². The summed E-state index contributed by atoms with van der Waals surface area (Å²) in [7, 11) is -3.29. The van der Waals surface area contributed by atoms with Gasteiger partial charge in [-0.15, -0.1) is 0 Å². The molecule has 4 atom stereocenters. The number of piperidine rings is 1. The smallest absolute Gasteiger partial charge is 0.237 e. The lowest BCUT2D eigenvalue weighted by Gasteiger charge is -2.23. The molecule has 0 bridgehead atoms. The average Bonchev–Trinajstić information content (AvgIpc) is 2.99. The number of hydrogen-bond acceptors (Lipinski definition) is 6. The average molecular weight is 421 g/mol. The molecule has 0 spiro atoms. The van der Waals surface area contributed by atoms with Gasteiger partial charge in [0.15, 0.2) is 0 Å². The van der Waals surface area contributed by atoms with E-state index in [9.17, 15) is 17.6 Å². The molecule has 2 heterocycles. The second-order valence-electron chi connectivity index (χ2n) is 8.08. The molecular weight excluding hydrogens is 397 g/mol. The topological polar surface area (TPSA) is 106 Å². The van der Waals surface area contributed by atoms with Gasteiger partial charge in [-0.05, 0) is 36.1 Å².